The number of aryl methyl sites for hydroxylation is 1. The van der Waals surface area contributed by atoms with Crippen LogP contribution in [0.1, 0.15) is 18.7 Å². The van der Waals surface area contributed by atoms with Crippen LogP contribution in [0.2, 0.25) is 0 Å². The van der Waals surface area contributed by atoms with E-state index in [2.05, 4.69) is 49.5 Å². The maximum absolute atomic E-state index is 5.98. The molecule has 19 heavy (non-hydrogen) atoms. The normalized spacial score (nSPS) is 11.6. The van der Waals surface area contributed by atoms with Crippen molar-refractivity contribution in [3.8, 4) is 0 Å². The van der Waals surface area contributed by atoms with E-state index < -0.39 is 0 Å². The average molecular weight is 346 g/mol. The van der Waals surface area contributed by atoms with Crippen LogP contribution in [0.4, 0.5) is 0 Å². The molecule has 6 heteroatoms. The van der Waals surface area contributed by atoms with E-state index in [0.717, 1.165) is 47.4 Å². The monoisotopic (exact) mass is 344 g/mol. The van der Waals surface area contributed by atoms with Gasteiger partial charge in [0.2, 0.25) is 0 Å². The van der Waals surface area contributed by atoms with Crippen LogP contribution in [0.25, 0.3) is 11.2 Å². The number of alkyl halides is 1. The predicted molar refractivity (Wildman–Crippen MR) is 82.6 cm³/mol. The third-order valence-electron chi connectivity index (χ3n) is 2.99. The lowest BCUT2D eigenvalue weighted by Crippen LogP contribution is -2.14. The van der Waals surface area contributed by atoms with Crippen LogP contribution in [0.5, 0.6) is 0 Å². The SMILES string of the molecule is CN(C)CCCCn1c(CCl)nc2cc(Br)cnc21. The molecular formula is C13H18BrClN4. The number of hydrogen-bond acceptors (Lipinski definition) is 3. The van der Waals surface area contributed by atoms with E-state index in [4.69, 9.17) is 11.6 Å². The van der Waals surface area contributed by atoms with Gasteiger partial charge in [0.05, 0.1) is 5.88 Å². The van der Waals surface area contributed by atoms with E-state index in [9.17, 15) is 0 Å². The minimum Gasteiger partial charge on any atom is -0.312 e. The van der Waals surface area contributed by atoms with Crippen LogP contribution in [-0.2, 0) is 12.4 Å². The van der Waals surface area contributed by atoms with Gasteiger partial charge in [0.1, 0.15) is 11.3 Å². The molecule has 0 aliphatic rings. The van der Waals surface area contributed by atoms with Crippen LogP contribution in [0.15, 0.2) is 16.7 Å². The molecular weight excluding hydrogens is 328 g/mol. The molecule has 0 atom stereocenters. The highest BCUT2D eigenvalue weighted by molar-refractivity contribution is 9.10. The Morgan fingerprint density at radius 3 is 2.84 bits per heavy atom. The first-order valence-electron chi connectivity index (χ1n) is 6.33. The average Bonchev–Trinajstić information content (AvgIpc) is 2.71. The second-order valence-electron chi connectivity index (χ2n) is 4.82. The van der Waals surface area contributed by atoms with E-state index >= 15 is 0 Å². The van der Waals surface area contributed by atoms with Crippen LogP contribution >= 0.6 is 27.5 Å². The van der Waals surface area contributed by atoms with Crippen molar-refractivity contribution >= 4 is 38.7 Å². The summed E-state index contributed by atoms with van der Waals surface area (Å²) < 4.78 is 3.07. The van der Waals surface area contributed by atoms with Gasteiger partial charge in [-0.1, -0.05) is 0 Å². The Kier molecular flexibility index (Phi) is 5.19. The summed E-state index contributed by atoms with van der Waals surface area (Å²) >= 11 is 9.39. The number of hydrogen-bond donors (Lipinski definition) is 0. The molecule has 0 saturated heterocycles. The summed E-state index contributed by atoms with van der Waals surface area (Å²) in [6.45, 7) is 2.02. The number of halogens is 2. The molecule has 0 fully saturated rings. The van der Waals surface area contributed by atoms with Gasteiger partial charge in [0, 0.05) is 17.2 Å². The van der Waals surface area contributed by atoms with E-state index in [1.807, 2.05) is 6.07 Å². The molecule has 0 aliphatic heterocycles. The van der Waals surface area contributed by atoms with E-state index in [0.29, 0.717) is 5.88 Å². The summed E-state index contributed by atoms with van der Waals surface area (Å²) in [5.74, 6) is 1.31. The summed E-state index contributed by atoms with van der Waals surface area (Å²) in [5.41, 5.74) is 1.82. The quantitative estimate of drug-likeness (QED) is 0.595. The molecule has 0 spiro atoms. The first-order chi connectivity index (χ1) is 9.11. The van der Waals surface area contributed by atoms with E-state index in [1.165, 1.54) is 0 Å². The Morgan fingerprint density at radius 1 is 1.37 bits per heavy atom. The van der Waals surface area contributed by atoms with Gasteiger partial charge >= 0.3 is 0 Å². The van der Waals surface area contributed by atoms with Crippen molar-refractivity contribution in [2.24, 2.45) is 0 Å². The zero-order chi connectivity index (χ0) is 13.8. The highest BCUT2D eigenvalue weighted by atomic mass is 79.9. The fraction of sp³-hybridized carbons (Fsp3) is 0.538. The van der Waals surface area contributed by atoms with Gasteiger partial charge in [0.15, 0.2) is 5.65 Å². The molecule has 2 heterocycles. The number of rotatable bonds is 6. The van der Waals surface area contributed by atoms with Gasteiger partial charge < -0.3 is 9.47 Å². The summed E-state index contributed by atoms with van der Waals surface area (Å²) in [4.78, 5) is 11.2. The van der Waals surface area contributed by atoms with Crippen LogP contribution < -0.4 is 0 Å². The van der Waals surface area contributed by atoms with Crippen molar-refractivity contribution in [2.45, 2.75) is 25.3 Å². The van der Waals surface area contributed by atoms with Crippen molar-refractivity contribution in [3.63, 3.8) is 0 Å². The number of fused-ring (bicyclic) bond motifs is 1. The highest BCUT2D eigenvalue weighted by Crippen LogP contribution is 2.20. The van der Waals surface area contributed by atoms with Crippen molar-refractivity contribution in [2.75, 3.05) is 20.6 Å². The molecule has 0 unspecified atom stereocenters. The lowest BCUT2D eigenvalue weighted by molar-refractivity contribution is 0.387. The van der Waals surface area contributed by atoms with Gasteiger partial charge in [-0.25, -0.2) is 9.97 Å². The minimum absolute atomic E-state index is 0.418. The summed E-state index contributed by atoms with van der Waals surface area (Å²) in [5, 5.41) is 0. The Morgan fingerprint density at radius 2 is 2.16 bits per heavy atom. The first-order valence-corrected chi connectivity index (χ1v) is 7.66. The summed E-state index contributed by atoms with van der Waals surface area (Å²) in [6.07, 6.45) is 4.06. The van der Waals surface area contributed by atoms with Crippen molar-refractivity contribution < 1.29 is 0 Å². The predicted octanol–water partition coefficient (Wildman–Crippen LogP) is 3.27. The Balaban J connectivity index is 2.16. The van der Waals surface area contributed by atoms with Crippen LogP contribution in [-0.4, -0.2) is 40.1 Å². The third kappa shape index (κ3) is 3.68. The van der Waals surface area contributed by atoms with Gasteiger partial charge in [-0.15, -0.1) is 11.6 Å². The molecule has 2 aromatic heterocycles. The lowest BCUT2D eigenvalue weighted by atomic mass is 10.3. The second-order valence-corrected chi connectivity index (χ2v) is 6.00. The fourth-order valence-corrected chi connectivity index (χ4v) is 2.59. The Bertz CT molecular complexity index is 553. The van der Waals surface area contributed by atoms with Crippen LogP contribution in [0, 0.1) is 0 Å². The first kappa shape index (κ1) is 14.8. The number of pyridine rings is 1. The number of aromatic nitrogens is 3. The third-order valence-corrected chi connectivity index (χ3v) is 3.66. The molecule has 0 radical (unpaired) electrons. The smallest absolute Gasteiger partial charge is 0.160 e. The summed E-state index contributed by atoms with van der Waals surface area (Å²) in [6, 6.07) is 1.98. The number of nitrogens with zero attached hydrogens (tertiary/aromatic N) is 4. The van der Waals surface area contributed by atoms with Gasteiger partial charge in [-0.3, -0.25) is 0 Å². The van der Waals surface area contributed by atoms with Crippen molar-refractivity contribution in [1.29, 1.82) is 0 Å². The second kappa shape index (κ2) is 6.68. The molecule has 0 saturated carbocycles. The van der Waals surface area contributed by atoms with Gasteiger partial charge in [0.25, 0.3) is 0 Å². The zero-order valence-corrected chi connectivity index (χ0v) is 13.6. The number of unbranched alkanes of at least 4 members (excludes halogenated alkanes) is 1. The van der Waals surface area contributed by atoms with E-state index in [1.54, 1.807) is 6.20 Å². The van der Waals surface area contributed by atoms with E-state index in [-0.39, 0.29) is 0 Å². The van der Waals surface area contributed by atoms with Gasteiger partial charge in [-0.05, 0) is 55.5 Å². The molecule has 104 valence electrons. The minimum atomic E-state index is 0.418. The Labute approximate surface area is 126 Å². The standard InChI is InChI=1S/C13H18BrClN4/c1-18(2)5-3-4-6-19-12(8-15)17-11-7-10(14)9-16-13(11)19/h7,9H,3-6,8H2,1-2H3. The Hall–Kier alpha value is -0.650. The van der Waals surface area contributed by atoms with Crippen molar-refractivity contribution in [3.05, 3.63) is 22.6 Å². The molecule has 0 bridgehead atoms. The lowest BCUT2D eigenvalue weighted by Gasteiger charge is -2.10. The molecule has 2 rings (SSSR count). The van der Waals surface area contributed by atoms with Gasteiger partial charge in [-0.2, -0.15) is 0 Å². The molecule has 4 nitrogen and oxygen atoms in total. The molecule has 0 N–H and O–H groups in total. The van der Waals surface area contributed by atoms with Crippen LogP contribution in [0.3, 0.4) is 0 Å². The fourth-order valence-electron chi connectivity index (χ4n) is 2.07. The molecule has 0 aromatic carbocycles. The maximum atomic E-state index is 5.98. The largest absolute Gasteiger partial charge is 0.312 e. The highest BCUT2D eigenvalue weighted by Gasteiger charge is 2.11. The topological polar surface area (TPSA) is 34.0 Å². The molecule has 2 aromatic rings. The summed E-state index contributed by atoms with van der Waals surface area (Å²) in [7, 11) is 4.19. The zero-order valence-electron chi connectivity index (χ0n) is 11.2. The maximum Gasteiger partial charge on any atom is 0.160 e. The molecule has 0 aliphatic carbocycles. The van der Waals surface area contributed by atoms with Crippen molar-refractivity contribution in [1.82, 2.24) is 19.4 Å². The number of imidazole rings is 1. The molecule has 0 amide bonds.